The Hall–Kier alpha value is -1.46. The van der Waals surface area contributed by atoms with Crippen LogP contribution in [-0.4, -0.2) is 40.8 Å². The third-order valence-electron chi connectivity index (χ3n) is 2.96. The van der Waals surface area contributed by atoms with Crippen LogP contribution in [0.1, 0.15) is 5.56 Å². The molecule has 0 bridgehead atoms. The molecular weight excluding hydrogens is 262 g/mol. The Bertz CT molecular complexity index is 552. The third kappa shape index (κ3) is 3.52. The summed E-state index contributed by atoms with van der Waals surface area (Å²) in [5, 5.41) is 9.93. The largest absolute Gasteiger partial charge is 0.480 e. The number of hydrogen-bond acceptors (Lipinski definition) is 3. The Morgan fingerprint density at radius 2 is 2.26 bits per heavy atom. The Balaban J connectivity index is 2.10. The van der Waals surface area contributed by atoms with Crippen molar-refractivity contribution in [3.8, 4) is 0 Å². The van der Waals surface area contributed by atoms with Gasteiger partial charge < -0.3 is 14.8 Å². The molecule has 0 aliphatic rings. The fourth-order valence-electron chi connectivity index (χ4n) is 1.99. The van der Waals surface area contributed by atoms with Gasteiger partial charge in [0.25, 0.3) is 0 Å². The topological polar surface area (TPSA) is 62.3 Å². The van der Waals surface area contributed by atoms with E-state index in [1.165, 1.54) is 11.8 Å². The molecule has 0 fully saturated rings. The number of carboxylic acid groups (broad SMARTS) is 1. The molecule has 1 atom stereocenters. The molecule has 0 aliphatic heterocycles. The first-order valence-corrected chi connectivity index (χ1v) is 7.15. The average Bonchev–Trinajstić information content (AvgIpc) is 2.81. The van der Waals surface area contributed by atoms with Gasteiger partial charge in [-0.25, -0.2) is 0 Å². The van der Waals surface area contributed by atoms with Crippen LogP contribution in [0.25, 0.3) is 10.9 Å². The number of aromatic nitrogens is 1. The van der Waals surface area contributed by atoms with Gasteiger partial charge in [-0.2, -0.15) is 0 Å². The van der Waals surface area contributed by atoms with E-state index in [4.69, 9.17) is 4.74 Å². The Morgan fingerprint density at radius 3 is 3.00 bits per heavy atom. The summed E-state index contributed by atoms with van der Waals surface area (Å²) in [4.78, 5) is 14.5. The second kappa shape index (κ2) is 6.63. The number of hydrogen-bond donors (Lipinski definition) is 2. The van der Waals surface area contributed by atoms with E-state index in [1.54, 1.807) is 7.11 Å². The van der Waals surface area contributed by atoms with Crippen molar-refractivity contribution in [2.24, 2.45) is 0 Å². The number of carboxylic acids is 1. The number of benzene rings is 1. The van der Waals surface area contributed by atoms with Crippen molar-refractivity contribution in [1.29, 1.82) is 0 Å². The molecule has 0 amide bonds. The number of thioether (sulfide) groups is 1. The van der Waals surface area contributed by atoms with Gasteiger partial charge in [-0.3, -0.25) is 4.79 Å². The van der Waals surface area contributed by atoms with Crippen LogP contribution in [0.15, 0.2) is 30.5 Å². The lowest BCUT2D eigenvalue weighted by Gasteiger charge is -2.11. The summed E-state index contributed by atoms with van der Waals surface area (Å²) in [6.45, 7) is 0.572. The first kappa shape index (κ1) is 14.0. The third-order valence-corrected chi connectivity index (χ3v) is 4.14. The molecule has 0 saturated heterocycles. The van der Waals surface area contributed by atoms with E-state index in [9.17, 15) is 9.90 Å². The highest BCUT2D eigenvalue weighted by atomic mass is 32.2. The van der Waals surface area contributed by atoms with Crippen molar-refractivity contribution >= 4 is 28.6 Å². The van der Waals surface area contributed by atoms with Crippen molar-refractivity contribution < 1.29 is 14.6 Å². The number of nitrogens with one attached hydrogen (secondary N) is 1. The minimum atomic E-state index is -0.772. The maximum atomic E-state index is 11.3. The summed E-state index contributed by atoms with van der Waals surface area (Å²) in [6.07, 6.45) is 2.42. The van der Waals surface area contributed by atoms with Gasteiger partial charge in [-0.15, -0.1) is 11.8 Å². The fraction of sp³-hybridized carbons (Fsp3) is 0.357. The first-order valence-electron chi connectivity index (χ1n) is 6.10. The molecular formula is C14H17NO3S. The van der Waals surface area contributed by atoms with Gasteiger partial charge in [0, 0.05) is 30.0 Å². The van der Waals surface area contributed by atoms with E-state index >= 15 is 0 Å². The van der Waals surface area contributed by atoms with Crippen molar-refractivity contribution in [2.75, 3.05) is 19.5 Å². The van der Waals surface area contributed by atoms with Crippen LogP contribution >= 0.6 is 11.8 Å². The average molecular weight is 279 g/mol. The molecule has 102 valence electrons. The first-order chi connectivity index (χ1) is 9.22. The predicted octanol–water partition coefficient (Wildman–Crippen LogP) is 2.54. The molecule has 0 spiro atoms. The fourth-order valence-corrected chi connectivity index (χ4v) is 2.98. The molecule has 0 aliphatic carbocycles. The Labute approximate surface area is 116 Å². The second-order valence-electron chi connectivity index (χ2n) is 4.25. The van der Waals surface area contributed by atoms with E-state index in [-0.39, 0.29) is 0 Å². The Morgan fingerprint density at radius 1 is 1.47 bits per heavy atom. The zero-order valence-electron chi connectivity index (χ0n) is 10.8. The van der Waals surface area contributed by atoms with Crippen molar-refractivity contribution in [3.63, 3.8) is 0 Å². The van der Waals surface area contributed by atoms with Crippen molar-refractivity contribution in [1.82, 2.24) is 4.98 Å². The molecule has 5 heteroatoms. The van der Waals surface area contributed by atoms with Crippen molar-refractivity contribution in [3.05, 3.63) is 36.0 Å². The molecule has 0 radical (unpaired) electrons. The molecule has 4 nitrogen and oxygen atoms in total. The van der Waals surface area contributed by atoms with Gasteiger partial charge in [-0.05, 0) is 18.1 Å². The summed E-state index contributed by atoms with van der Waals surface area (Å²) >= 11 is 1.42. The lowest BCUT2D eigenvalue weighted by Crippen LogP contribution is -2.20. The maximum Gasteiger partial charge on any atom is 0.316 e. The standard InChI is InChI=1S/C14H17NO3S/c1-18-6-7-19-13(14(16)17)8-10-9-15-12-5-3-2-4-11(10)12/h2-5,9,13,15H,6-8H2,1H3,(H,16,17)/t13-/m0/s1. The SMILES string of the molecule is COCCS[C@@H](Cc1c[nH]c2ccccc12)C(=O)O. The summed E-state index contributed by atoms with van der Waals surface area (Å²) in [6, 6.07) is 7.94. The lowest BCUT2D eigenvalue weighted by atomic mass is 10.1. The van der Waals surface area contributed by atoms with Gasteiger partial charge in [0.05, 0.1) is 6.61 Å². The molecule has 0 saturated carbocycles. The van der Waals surface area contributed by atoms with Gasteiger partial charge >= 0.3 is 5.97 Å². The highest BCUT2D eigenvalue weighted by Crippen LogP contribution is 2.23. The summed E-state index contributed by atoms with van der Waals surface area (Å²) < 4.78 is 4.96. The van der Waals surface area contributed by atoms with Crippen LogP contribution in [0.4, 0.5) is 0 Å². The normalized spacial score (nSPS) is 12.7. The van der Waals surface area contributed by atoms with Crippen LogP contribution in [0.5, 0.6) is 0 Å². The molecule has 1 aromatic heterocycles. The van der Waals surface area contributed by atoms with Crippen molar-refractivity contribution in [2.45, 2.75) is 11.7 Å². The summed E-state index contributed by atoms with van der Waals surface area (Å²) in [7, 11) is 1.62. The van der Waals surface area contributed by atoms with Gasteiger partial charge in [0.1, 0.15) is 5.25 Å². The van der Waals surface area contributed by atoms with Crippen LogP contribution in [0.2, 0.25) is 0 Å². The zero-order valence-corrected chi connectivity index (χ0v) is 11.6. The number of aliphatic carboxylic acids is 1. The van der Waals surface area contributed by atoms with E-state index in [2.05, 4.69) is 4.98 Å². The molecule has 2 rings (SSSR count). The second-order valence-corrected chi connectivity index (χ2v) is 5.56. The van der Waals surface area contributed by atoms with Crippen LogP contribution in [0.3, 0.4) is 0 Å². The Kier molecular flexibility index (Phi) is 4.87. The smallest absolute Gasteiger partial charge is 0.316 e. The molecule has 2 aromatic rings. The van der Waals surface area contributed by atoms with E-state index in [0.717, 1.165) is 16.5 Å². The number of carbonyl (C=O) groups is 1. The summed E-state index contributed by atoms with van der Waals surface area (Å²) in [5.41, 5.74) is 2.09. The van der Waals surface area contributed by atoms with Crippen LogP contribution < -0.4 is 0 Å². The number of ether oxygens (including phenoxy) is 1. The number of rotatable bonds is 7. The molecule has 2 N–H and O–H groups in total. The number of methoxy groups -OCH3 is 1. The van der Waals surface area contributed by atoms with Gasteiger partial charge in [0.15, 0.2) is 0 Å². The molecule has 1 aromatic carbocycles. The molecule has 1 heterocycles. The lowest BCUT2D eigenvalue weighted by molar-refractivity contribution is -0.136. The molecule has 0 unspecified atom stereocenters. The quantitative estimate of drug-likeness (QED) is 0.765. The van der Waals surface area contributed by atoms with Crippen LogP contribution in [0, 0.1) is 0 Å². The number of fused-ring (bicyclic) bond motifs is 1. The van der Waals surface area contributed by atoms with Crippen LogP contribution in [-0.2, 0) is 16.0 Å². The maximum absolute atomic E-state index is 11.3. The minimum absolute atomic E-state index is 0.436. The van der Waals surface area contributed by atoms with Gasteiger partial charge in [-0.1, -0.05) is 18.2 Å². The number of aromatic amines is 1. The summed E-state index contributed by atoms with van der Waals surface area (Å²) in [5.74, 6) is -0.0816. The van der Waals surface area contributed by atoms with E-state index in [1.807, 2.05) is 30.5 Å². The molecule has 19 heavy (non-hydrogen) atoms. The minimum Gasteiger partial charge on any atom is -0.480 e. The highest BCUT2D eigenvalue weighted by Gasteiger charge is 2.19. The monoisotopic (exact) mass is 279 g/mol. The number of para-hydroxylation sites is 1. The highest BCUT2D eigenvalue weighted by molar-refractivity contribution is 8.00. The van der Waals surface area contributed by atoms with E-state index in [0.29, 0.717) is 18.8 Å². The number of H-pyrrole nitrogens is 1. The zero-order chi connectivity index (χ0) is 13.7. The van der Waals surface area contributed by atoms with E-state index < -0.39 is 11.2 Å². The van der Waals surface area contributed by atoms with Gasteiger partial charge in [0.2, 0.25) is 0 Å². The predicted molar refractivity (Wildman–Crippen MR) is 77.8 cm³/mol.